The topological polar surface area (TPSA) is 79.2 Å². The predicted octanol–water partition coefficient (Wildman–Crippen LogP) is 5.30. The highest BCUT2D eigenvalue weighted by molar-refractivity contribution is 4.87. The smallest absolute Gasteiger partial charge is 0.114 e. The first-order valence-corrected chi connectivity index (χ1v) is 13.0. The van der Waals surface area contributed by atoms with Crippen LogP contribution in [0.15, 0.2) is 12.2 Å². The summed E-state index contributed by atoms with van der Waals surface area (Å²) in [6.45, 7) is 3.06. The van der Waals surface area contributed by atoms with Crippen molar-refractivity contribution in [3.05, 3.63) is 12.2 Å². The van der Waals surface area contributed by atoms with Gasteiger partial charge in [0.2, 0.25) is 0 Å². The van der Waals surface area contributed by atoms with Crippen molar-refractivity contribution in [3.63, 3.8) is 0 Å². The van der Waals surface area contributed by atoms with Gasteiger partial charge in [-0.3, -0.25) is 0 Å². The molecule has 0 bridgehead atoms. The molecule has 0 spiro atoms. The van der Waals surface area contributed by atoms with Gasteiger partial charge in [-0.2, -0.15) is 0 Å². The molecule has 0 saturated carbocycles. The SMILES string of the molecule is CCCCCCCCCCCCCC/C=C/CCCCOC[C@H](O)[C@H]1OC[C@@H](O)[C@H]1O. The molecule has 5 heteroatoms. The molecule has 1 rings (SSSR count). The third kappa shape index (κ3) is 15.1. The van der Waals surface area contributed by atoms with Gasteiger partial charge < -0.3 is 24.8 Å². The van der Waals surface area contributed by atoms with Gasteiger partial charge in [-0.1, -0.05) is 89.7 Å². The van der Waals surface area contributed by atoms with Crippen LogP contribution in [0.4, 0.5) is 0 Å². The van der Waals surface area contributed by atoms with Crippen molar-refractivity contribution < 1.29 is 24.8 Å². The minimum atomic E-state index is -1.03. The van der Waals surface area contributed by atoms with Crippen molar-refractivity contribution in [3.8, 4) is 0 Å². The first-order chi connectivity index (χ1) is 15.2. The molecular weight excluding hydrogens is 392 g/mol. The van der Waals surface area contributed by atoms with Crippen LogP contribution in [-0.4, -0.2) is 59.6 Å². The van der Waals surface area contributed by atoms with Gasteiger partial charge in [-0.25, -0.2) is 0 Å². The van der Waals surface area contributed by atoms with E-state index >= 15 is 0 Å². The van der Waals surface area contributed by atoms with Crippen LogP contribution in [0.1, 0.15) is 110 Å². The van der Waals surface area contributed by atoms with Gasteiger partial charge in [-0.05, 0) is 32.1 Å². The monoisotopic (exact) mass is 442 g/mol. The van der Waals surface area contributed by atoms with Crippen molar-refractivity contribution in [2.24, 2.45) is 0 Å². The normalized spacial score (nSPS) is 22.5. The minimum Gasteiger partial charge on any atom is -0.388 e. The van der Waals surface area contributed by atoms with Gasteiger partial charge in [0.25, 0.3) is 0 Å². The Morgan fingerprint density at radius 2 is 1.32 bits per heavy atom. The molecule has 0 aromatic heterocycles. The minimum absolute atomic E-state index is 0.0640. The average molecular weight is 443 g/mol. The van der Waals surface area contributed by atoms with E-state index < -0.39 is 24.4 Å². The maximum Gasteiger partial charge on any atom is 0.114 e. The zero-order valence-electron chi connectivity index (χ0n) is 20.1. The summed E-state index contributed by atoms with van der Waals surface area (Å²) >= 11 is 0. The van der Waals surface area contributed by atoms with E-state index in [1.807, 2.05) is 0 Å². The first-order valence-electron chi connectivity index (χ1n) is 13.0. The fraction of sp³-hybridized carbons (Fsp3) is 0.923. The highest BCUT2D eigenvalue weighted by Gasteiger charge is 2.39. The zero-order chi connectivity index (χ0) is 22.6. The molecule has 0 aromatic rings. The molecule has 0 radical (unpaired) electrons. The Labute approximate surface area is 191 Å². The molecule has 1 heterocycles. The first kappa shape index (κ1) is 28.6. The van der Waals surface area contributed by atoms with E-state index in [9.17, 15) is 15.3 Å². The average Bonchev–Trinajstić information content (AvgIpc) is 3.10. The van der Waals surface area contributed by atoms with Crippen LogP contribution in [0.5, 0.6) is 0 Å². The van der Waals surface area contributed by atoms with Crippen LogP contribution in [0.3, 0.4) is 0 Å². The molecule has 3 N–H and O–H groups in total. The molecule has 184 valence electrons. The van der Waals surface area contributed by atoms with Crippen LogP contribution >= 0.6 is 0 Å². The fourth-order valence-electron chi connectivity index (χ4n) is 4.07. The Morgan fingerprint density at radius 3 is 1.84 bits per heavy atom. The summed E-state index contributed by atoms with van der Waals surface area (Å²) < 4.78 is 10.7. The molecule has 0 amide bonds. The van der Waals surface area contributed by atoms with Gasteiger partial charge in [0.15, 0.2) is 0 Å². The number of allylic oxidation sites excluding steroid dienone is 2. The van der Waals surface area contributed by atoms with Crippen molar-refractivity contribution in [1.29, 1.82) is 0 Å². The lowest BCUT2D eigenvalue weighted by Gasteiger charge is -2.20. The highest BCUT2D eigenvalue weighted by atomic mass is 16.5. The van der Waals surface area contributed by atoms with Crippen LogP contribution in [0.25, 0.3) is 0 Å². The number of hydrogen-bond acceptors (Lipinski definition) is 5. The summed E-state index contributed by atoms with van der Waals surface area (Å²) in [7, 11) is 0. The summed E-state index contributed by atoms with van der Waals surface area (Å²) in [5.41, 5.74) is 0. The Balaban J connectivity index is 1.77. The molecule has 0 aromatic carbocycles. The number of aliphatic hydroxyl groups is 3. The van der Waals surface area contributed by atoms with Crippen molar-refractivity contribution in [2.45, 2.75) is 134 Å². The Bertz CT molecular complexity index is 415. The van der Waals surface area contributed by atoms with E-state index in [2.05, 4.69) is 19.1 Å². The molecule has 1 saturated heterocycles. The van der Waals surface area contributed by atoms with Crippen molar-refractivity contribution in [2.75, 3.05) is 19.8 Å². The van der Waals surface area contributed by atoms with Crippen LogP contribution in [0, 0.1) is 0 Å². The summed E-state index contributed by atoms with van der Waals surface area (Å²) in [5.74, 6) is 0. The predicted molar refractivity (Wildman–Crippen MR) is 127 cm³/mol. The van der Waals surface area contributed by atoms with Gasteiger partial charge in [0, 0.05) is 6.61 Å². The largest absolute Gasteiger partial charge is 0.388 e. The van der Waals surface area contributed by atoms with Gasteiger partial charge in [0.05, 0.1) is 13.2 Å². The van der Waals surface area contributed by atoms with E-state index in [0.717, 1.165) is 19.3 Å². The highest BCUT2D eigenvalue weighted by Crippen LogP contribution is 2.18. The molecular formula is C26H50O5. The van der Waals surface area contributed by atoms with Crippen LogP contribution in [0.2, 0.25) is 0 Å². The summed E-state index contributed by atoms with van der Waals surface area (Å²) in [5, 5.41) is 29.1. The van der Waals surface area contributed by atoms with E-state index in [1.54, 1.807) is 0 Å². The fourth-order valence-corrected chi connectivity index (χ4v) is 4.07. The Kier molecular flexibility index (Phi) is 18.6. The van der Waals surface area contributed by atoms with Crippen LogP contribution < -0.4 is 0 Å². The second kappa shape index (κ2) is 20.2. The number of ether oxygens (including phenoxy) is 2. The quantitative estimate of drug-likeness (QED) is 0.166. The number of hydrogen-bond donors (Lipinski definition) is 3. The number of rotatable bonds is 21. The molecule has 1 aliphatic rings. The molecule has 31 heavy (non-hydrogen) atoms. The molecule has 1 aliphatic heterocycles. The summed E-state index contributed by atoms with van der Waals surface area (Å²) in [4.78, 5) is 0. The Morgan fingerprint density at radius 1 is 0.806 bits per heavy atom. The molecule has 4 atom stereocenters. The standard InChI is InChI=1S/C26H50O5/c1-2-3-4-5-6-7-8-9-10-11-12-13-14-15-16-17-18-19-20-30-21-24(28)26-25(29)23(27)22-31-26/h15-16,23-29H,2-14,17-22H2,1H3/b16-15+/t23-,24+,25-,26-/m1/s1. The number of aliphatic hydroxyl groups excluding tert-OH is 3. The summed E-state index contributed by atoms with van der Waals surface area (Å²) in [6, 6.07) is 0. The van der Waals surface area contributed by atoms with E-state index in [4.69, 9.17) is 9.47 Å². The van der Waals surface area contributed by atoms with E-state index in [1.165, 1.54) is 83.5 Å². The second-order valence-electron chi connectivity index (χ2n) is 9.14. The van der Waals surface area contributed by atoms with Crippen LogP contribution in [-0.2, 0) is 9.47 Å². The van der Waals surface area contributed by atoms with E-state index in [0.29, 0.717) is 6.61 Å². The molecule has 0 aliphatic carbocycles. The molecule has 5 nitrogen and oxygen atoms in total. The lowest BCUT2D eigenvalue weighted by molar-refractivity contribution is -0.0813. The van der Waals surface area contributed by atoms with E-state index in [-0.39, 0.29) is 13.2 Å². The molecule has 1 fully saturated rings. The maximum atomic E-state index is 9.96. The zero-order valence-corrected chi connectivity index (χ0v) is 20.1. The molecule has 0 unspecified atom stereocenters. The van der Waals surface area contributed by atoms with Gasteiger partial charge >= 0.3 is 0 Å². The lowest BCUT2D eigenvalue weighted by atomic mass is 10.0. The van der Waals surface area contributed by atoms with Crippen molar-refractivity contribution >= 4 is 0 Å². The van der Waals surface area contributed by atoms with Crippen molar-refractivity contribution in [1.82, 2.24) is 0 Å². The lowest BCUT2D eigenvalue weighted by Crippen LogP contribution is -2.40. The summed E-state index contributed by atoms with van der Waals surface area (Å²) in [6.07, 6.45) is 22.0. The second-order valence-corrected chi connectivity index (χ2v) is 9.14. The van der Waals surface area contributed by atoms with Gasteiger partial charge in [0.1, 0.15) is 24.4 Å². The third-order valence-electron chi connectivity index (χ3n) is 6.16. The van der Waals surface area contributed by atoms with Gasteiger partial charge in [-0.15, -0.1) is 0 Å². The third-order valence-corrected chi connectivity index (χ3v) is 6.16. The number of unbranched alkanes of at least 4 members (excludes halogenated alkanes) is 14. The maximum absolute atomic E-state index is 9.96. The Hall–Kier alpha value is -0.460.